The molecule has 10 heteroatoms. The summed E-state index contributed by atoms with van der Waals surface area (Å²) in [7, 11) is 0. The molecule has 4 rings (SSSR count). The summed E-state index contributed by atoms with van der Waals surface area (Å²) in [6.45, 7) is 7.55. The largest absolute Gasteiger partial charge is 0.365 e. The first kappa shape index (κ1) is 20.3. The van der Waals surface area contributed by atoms with E-state index in [-0.39, 0.29) is 11.9 Å². The van der Waals surface area contributed by atoms with Crippen LogP contribution in [0.4, 0.5) is 4.79 Å². The molecule has 3 amide bonds. The van der Waals surface area contributed by atoms with E-state index in [1.165, 1.54) is 0 Å². The monoisotopic (exact) mass is 413 g/mol. The molecule has 30 heavy (non-hydrogen) atoms. The van der Waals surface area contributed by atoms with Crippen LogP contribution >= 0.6 is 0 Å². The number of amides is 3. The van der Waals surface area contributed by atoms with Crippen LogP contribution in [0.15, 0.2) is 24.5 Å². The second-order valence-electron chi connectivity index (χ2n) is 7.66. The van der Waals surface area contributed by atoms with Crippen molar-refractivity contribution in [2.75, 3.05) is 26.2 Å². The molecule has 0 aliphatic carbocycles. The number of rotatable bonds is 5. The minimum absolute atomic E-state index is 0.0345. The Balaban J connectivity index is 1.39. The van der Waals surface area contributed by atoms with Gasteiger partial charge in [-0.05, 0) is 32.4 Å². The van der Waals surface area contributed by atoms with Gasteiger partial charge < -0.3 is 19.9 Å². The molecular weight excluding hydrogens is 386 g/mol. The highest BCUT2D eigenvalue weighted by atomic mass is 16.5. The fraction of sp³-hybridized carbons (Fsp3) is 0.550. The zero-order chi connectivity index (χ0) is 21.1. The number of carbonyl (C=O) groups is 2. The summed E-state index contributed by atoms with van der Waals surface area (Å²) in [5.74, 6) is -0.0345. The predicted octanol–water partition coefficient (Wildman–Crippen LogP) is 1.04. The van der Waals surface area contributed by atoms with Gasteiger partial charge in [-0.3, -0.25) is 9.78 Å². The van der Waals surface area contributed by atoms with Gasteiger partial charge in [-0.15, -0.1) is 5.10 Å². The molecule has 160 valence electrons. The number of urea groups is 1. The lowest BCUT2D eigenvalue weighted by Crippen LogP contribution is -2.45. The third-order valence-corrected chi connectivity index (χ3v) is 5.84. The van der Waals surface area contributed by atoms with Crippen LogP contribution in [-0.2, 0) is 24.4 Å². The van der Waals surface area contributed by atoms with Crippen LogP contribution in [0.1, 0.15) is 42.0 Å². The summed E-state index contributed by atoms with van der Waals surface area (Å²) in [5, 5.41) is 11.4. The third-order valence-electron chi connectivity index (χ3n) is 5.84. The molecule has 2 aromatic heterocycles. The van der Waals surface area contributed by atoms with Gasteiger partial charge in [0.2, 0.25) is 0 Å². The second-order valence-corrected chi connectivity index (χ2v) is 7.66. The minimum Gasteiger partial charge on any atom is -0.365 e. The smallest absolute Gasteiger partial charge is 0.317 e. The van der Waals surface area contributed by atoms with E-state index in [1.54, 1.807) is 29.4 Å². The van der Waals surface area contributed by atoms with E-state index < -0.39 is 5.60 Å². The first-order valence-electron chi connectivity index (χ1n) is 10.3. The van der Waals surface area contributed by atoms with Gasteiger partial charge in [-0.1, -0.05) is 5.21 Å². The van der Waals surface area contributed by atoms with E-state index in [0.717, 1.165) is 12.1 Å². The molecule has 0 aromatic carbocycles. The number of pyridine rings is 1. The first-order chi connectivity index (χ1) is 14.5. The summed E-state index contributed by atoms with van der Waals surface area (Å²) < 4.78 is 8.08. The summed E-state index contributed by atoms with van der Waals surface area (Å²) in [6.07, 6.45) is 3.98. The molecule has 1 N–H and O–H groups in total. The fourth-order valence-electron chi connectivity index (χ4n) is 4.05. The minimum atomic E-state index is -0.458. The van der Waals surface area contributed by atoms with Gasteiger partial charge in [-0.25, -0.2) is 9.48 Å². The van der Waals surface area contributed by atoms with Gasteiger partial charge in [0.05, 0.1) is 37.5 Å². The number of hydrogen-bond acceptors (Lipinski definition) is 6. The molecule has 0 radical (unpaired) electrons. The molecule has 2 aliphatic rings. The molecule has 10 nitrogen and oxygen atoms in total. The van der Waals surface area contributed by atoms with Gasteiger partial charge in [0.25, 0.3) is 5.91 Å². The van der Waals surface area contributed by atoms with Gasteiger partial charge in [0.15, 0.2) is 0 Å². The van der Waals surface area contributed by atoms with E-state index in [9.17, 15) is 9.59 Å². The maximum Gasteiger partial charge on any atom is 0.317 e. The van der Waals surface area contributed by atoms with Crippen molar-refractivity contribution in [2.45, 2.75) is 45.6 Å². The van der Waals surface area contributed by atoms with Crippen molar-refractivity contribution in [3.05, 3.63) is 41.5 Å². The molecule has 2 aliphatic heterocycles. The van der Waals surface area contributed by atoms with Crippen molar-refractivity contribution in [2.24, 2.45) is 0 Å². The van der Waals surface area contributed by atoms with E-state index >= 15 is 0 Å². The predicted molar refractivity (Wildman–Crippen MR) is 107 cm³/mol. The molecule has 2 aromatic rings. The van der Waals surface area contributed by atoms with Crippen LogP contribution in [0.5, 0.6) is 0 Å². The van der Waals surface area contributed by atoms with Gasteiger partial charge in [0, 0.05) is 32.0 Å². The molecule has 1 atom stereocenters. The van der Waals surface area contributed by atoms with E-state index in [4.69, 9.17) is 4.74 Å². The van der Waals surface area contributed by atoms with Crippen molar-refractivity contribution < 1.29 is 14.3 Å². The lowest BCUT2D eigenvalue weighted by Gasteiger charge is -2.34. The highest BCUT2D eigenvalue weighted by Crippen LogP contribution is 2.33. The second kappa shape index (κ2) is 8.39. The van der Waals surface area contributed by atoms with Crippen molar-refractivity contribution in [3.8, 4) is 0 Å². The van der Waals surface area contributed by atoms with E-state index in [1.807, 2.05) is 23.4 Å². The summed E-state index contributed by atoms with van der Waals surface area (Å²) >= 11 is 0. The lowest BCUT2D eigenvalue weighted by molar-refractivity contribution is -0.0828. The van der Waals surface area contributed by atoms with E-state index in [0.29, 0.717) is 57.1 Å². The van der Waals surface area contributed by atoms with Crippen LogP contribution < -0.4 is 5.32 Å². The number of carbonyl (C=O) groups excluding carboxylic acids is 2. The number of fused-ring (bicyclic) bond motifs is 1. The molecule has 0 saturated carbocycles. The van der Waals surface area contributed by atoms with Gasteiger partial charge in [-0.2, -0.15) is 0 Å². The number of nitrogens with one attached hydrogen (secondary N) is 1. The SMILES string of the molecule is CCN(CC)C(=O)NCc1nnn2c1COC1(CCN(C(=O)c3cccnc3)C1)C2. The molecule has 4 heterocycles. The third kappa shape index (κ3) is 3.87. The van der Waals surface area contributed by atoms with Gasteiger partial charge >= 0.3 is 6.03 Å². The summed E-state index contributed by atoms with van der Waals surface area (Å²) in [6, 6.07) is 3.42. The maximum absolute atomic E-state index is 12.7. The van der Waals surface area contributed by atoms with Crippen LogP contribution in [-0.4, -0.2) is 73.5 Å². The van der Waals surface area contributed by atoms with Crippen LogP contribution in [0.2, 0.25) is 0 Å². The van der Waals surface area contributed by atoms with Crippen molar-refractivity contribution in [1.82, 2.24) is 35.1 Å². The number of nitrogens with zero attached hydrogens (tertiary/aromatic N) is 6. The Kier molecular flexibility index (Phi) is 5.67. The summed E-state index contributed by atoms with van der Waals surface area (Å²) in [5.41, 5.74) is 1.71. The lowest BCUT2D eigenvalue weighted by atomic mass is 10.0. The molecule has 1 spiro atoms. The number of hydrogen-bond donors (Lipinski definition) is 1. The standard InChI is InChI=1S/C20H27N7O3/c1-3-25(4-2)19(29)22-11-16-17-12-30-20(14-27(17)24-23-16)7-9-26(13-20)18(28)15-6-5-8-21-10-15/h5-6,8,10H,3-4,7,9,11-14H2,1-2H3,(H,22,29). The molecule has 1 unspecified atom stereocenters. The Morgan fingerprint density at radius 3 is 2.87 bits per heavy atom. The maximum atomic E-state index is 12.7. The van der Waals surface area contributed by atoms with Crippen molar-refractivity contribution >= 4 is 11.9 Å². The quantitative estimate of drug-likeness (QED) is 0.785. The topological polar surface area (TPSA) is 105 Å². The Morgan fingerprint density at radius 2 is 2.13 bits per heavy atom. The Hall–Kier alpha value is -3.01. The molecule has 0 bridgehead atoms. The van der Waals surface area contributed by atoms with Crippen LogP contribution in [0, 0.1) is 0 Å². The summed E-state index contributed by atoms with van der Waals surface area (Å²) in [4.78, 5) is 32.5. The fourth-order valence-corrected chi connectivity index (χ4v) is 4.05. The Bertz CT molecular complexity index is 912. The van der Waals surface area contributed by atoms with Gasteiger partial charge in [0.1, 0.15) is 11.3 Å². The number of likely N-dealkylation sites (tertiary alicyclic amines) is 1. The molecule has 1 saturated heterocycles. The normalized spacial score (nSPS) is 20.3. The zero-order valence-electron chi connectivity index (χ0n) is 17.4. The first-order valence-corrected chi connectivity index (χ1v) is 10.3. The molecular formula is C20H27N7O3. The Morgan fingerprint density at radius 1 is 1.30 bits per heavy atom. The number of ether oxygens (including phenoxy) is 1. The molecule has 1 fully saturated rings. The van der Waals surface area contributed by atoms with Crippen LogP contribution in [0.3, 0.4) is 0 Å². The van der Waals surface area contributed by atoms with E-state index in [2.05, 4.69) is 20.6 Å². The highest BCUT2D eigenvalue weighted by Gasteiger charge is 2.45. The average Bonchev–Trinajstić information content (AvgIpc) is 3.37. The van der Waals surface area contributed by atoms with Crippen molar-refractivity contribution in [1.29, 1.82) is 0 Å². The van der Waals surface area contributed by atoms with Crippen molar-refractivity contribution in [3.63, 3.8) is 0 Å². The van der Waals surface area contributed by atoms with Crippen LogP contribution in [0.25, 0.3) is 0 Å². The zero-order valence-corrected chi connectivity index (χ0v) is 17.4. The number of aromatic nitrogens is 4. The Labute approximate surface area is 175 Å². The highest BCUT2D eigenvalue weighted by molar-refractivity contribution is 5.94. The average molecular weight is 413 g/mol.